The van der Waals surface area contributed by atoms with Gasteiger partial charge in [-0.25, -0.2) is 0 Å². The molecule has 0 bridgehead atoms. The van der Waals surface area contributed by atoms with Crippen molar-refractivity contribution in [1.29, 1.82) is 0 Å². The van der Waals surface area contributed by atoms with Crippen LogP contribution < -0.4 is 0 Å². The van der Waals surface area contributed by atoms with E-state index in [1.807, 2.05) is 0 Å². The van der Waals surface area contributed by atoms with Crippen molar-refractivity contribution in [1.82, 2.24) is 14.7 Å². The molecule has 1 aliphatic rings. The molecule has 0 radical (unpaired) electrons. The molecule has 1 aromatic rings. The van der Waals surface area contributed by atoms with Crippen molar-refractivity contribution in [2.24, 2.45) is 10.9 Å². The largest absolute Gasteiger partial charge is 0.349 e. The van der Waals surface area contributed by atoms with Gasteiger partial charge in [0.05, 0.1) is 0 Å². The number of likely N-dealkylation sites (tertiary alicyclic amines) is 1. The summed E-state index contributed by atoms with van der Waals surface area (Å²) < 4.78 is 0. The van der Waals surface area contributed by atoms with Crippen LogP contribution in [-0.2, 0) is 6.54 Å². The number of nitrogens with zero attached hydrogens (tertiary/aromatic N) is 4. The molecule has 1 aromatic carbocycles. The maximum absolute atomic E-state index is 4.82. The Labute approximate surface area is 135 Å². The van der Waals surface area contributed by atoms with Gasteiger partial charge in [-0.3, -0.25) is 9.89 Å². The number of rotatable bonds is 4. The molecule has 4 heteroatoms. The van der Waals surface area contributed by atoms with Crippen molar-refractivity contribution in [2.75, 3.05) is 41.3 Å². The Morgan fingerprint density at radius 2 is 1.77 bits per heavy atom. The predicted octanol–water partition coefficient (Wildman–Crippen LogP) is 2.38. The Balaban J connectivity index is 1.92. The topological polar surface area (TPSA) is 22.1 Å². The summed E-state index contributed by atoms with van der Waals surface area (Å²) >= 11 is 0. The van der Waals surface area contributed by atoms with E-state index in [2.05, 4.69) is 80.1 Å². The van der Waals surface area contributed by atoms with E-state index in [0.717, 1.165) is 25.6 Å². The number of hydrogen-bond donors (Lipinski definition) is 0. The Kier molecular flexibility index (Phi) is 5.83. The van der Waals surface area contributed by atoms with E-state index < -0.39 is 0 Å². The highest BCUT2D eigenvalue weighted by atomic mass is 15.3. The Hall–Kier alpha value is -1.55. The van der Waals surface area contributed by atoms with Crippen molar-refractivity contribution in [2.45, 2.75) is 25.9 Å². The predicted molar refractivity (Wildman–Crippen MR) is 94.1 cm³/mol. The number of aliphatic imine (C=N–C) groups is 1. The summed E-state index contributed by atoms with van der Waals surface area (Å²) in [7, 11) is 8.21. The van der Waals surface area contributed by atoms with Gasteiger partial charge in [0.25, 0.3) is 0 Å². The first-order valence-electron chi connectivity index (χ1n) is 8.14. The third-order valence-corrected chi connectivity index (χ3v) is 4.31. The minimum atomic E-state index is 0.641. The monoisotopic (exact) mass is 302 g/mol. The van der Waals surface area contributed by atoms with Crippen LogP contribution in [0.3, 0.4) is 0 Å². The fourth-order valence-electron chi connectivity index (χ4n) is 3.28. The van der Waals surface area contributed by atoms with Crippen LogP contribution in [0.5, 0.6) is 0 Å². The quantitative estimate of drug-likeness (QED) is 0.630. The second-order valence-electron chi connectivity index (χ2n) is 6.80. The van der Waals surface area contributed by atoms with E-state index in [1.165, 1.54) is 12.0 Å². The van der Waals surface area contributed by atoms with E-state index in [9.17, 15) is 0 Å². The highest BCUT2D eigenvalue weighted by Gasteiger charge is 2.28. The third kappa shape index (κ3) is 4.47. The molecule has 4 nitrogen and oxygen atoms in total. The molecule has 22 heavy (non-hydrogen) atoms. The highest BCUT2D eigenvalue weighted by molar-refractivity contribution is 5.79. The van der Waals surface area contributed by atoms with E-state index in [4.69, 9.17) is 4.99 Å². The van der Waals surface area contributed by atoms with Crippen molar-refractivity contribution >= 4 is 5.96 Å². The Bertz CT molecular complexity index is 471. The fraction of sp³-hybridized carbons (Fsp3) is 0.611. The SMILES string of the molecule is CC1CC(CN=C(N(C)C)N(C)C)CN1Cc1ccccc1. The van der Waals surface area contributed by atoms with Crippen molar-refractivity contribution < 1.29 is 0 Å². The standard InChI is InChI=1S/C18H30N4/c1-15-11-17(12-19-18(20(2)3)21(4)5)14-22(15)13-16-9-7-6-8-10-16/h6-10,15,17H,11-14H2,1-5H3. The zero-order chi connectivity index (χ0) is 16.1. The molecule has 0 spiro atoms. The van der Waals surface area contributed by atoms with Crippen LogP contribution in [0.25, 0.3) is 0 Å². The highest BCUT2D eigenvalue weighted by Crippen LogP contribution is 2.25. The van der Waals surface area contributed by atoms with Crippen molar-refractivity contribution in [3.8, 4) is 0 Å². The normalized spacial score (nSPS) is 21.7. The second-order valence-corrected chi connectivity index (χ2v) is 6.80. The van der Waals surface area contributed by atoms with Crippen molar-refractivity contribution in [3.05, 3.63) is 35.9 Å². The van der Waals surface area contributed by atoms with Gasteiger partial charge >= 0.3 is 0 Å². The zero-order valence-electron chi connectivity index (χ0n) is 14.7. The van der Waals surface area contributed by atoms with Gasteiger partial charge in [-0.2, -0.15) is 0 Å². The molecule has 1 saturated heterocycles. The lowest BCUT2D eigenvalue weighted by Gasteiger charge is -2.23. The van der Waals surface area contributed by atoms with Gasteiger partial charge in [0.15, 0.2) is 5.96 Å². The van der Waals surface area contributed by atoms with Gasteiger partial charge in [0.2, 0.25) is 0 Å². The molecule has 1 heterocycles. The molecular weight excluding hydrogens is 272 g/mol. The third-order valence-electron chi connectivity index (χ3n) is 4.31. The van der Waals surface area contributed by atoms with Gasteiger partial charge in [0.1, 0.15) is 0 Å². The average Bonchev–Trinajstić information content (AvgIpc) is 2.79. The summed E-state index contributed by atoms with van der Waals surface area (Å²) in [4.78, 5) is 11.6. The first kappa shape index (κ1) is 16.8. The van der Waals surface area contributed by atoms with E-state index >= 15 is 0 Å². The average molecular weight is 302 g/mol. The summed E-state index contributed by atoms with van der Waals surface area (Å²) in [6.07, 6.45) is 1.24. The van der Waals surface area contributed by atoms with Crippen LogP contribution >= 0.6 is 0 Å². The van der Waals surface area contributed by atoms with Gasteiger partial charge in [-0.15, -0.1) is 0 Å². The van der Waals surface area contributed by atoms with Gasteiger partial charge in [0, 0.05) is 53.9 Å². The smallest absolute Gasteiger partial charge is 0.195 e. The van der Waals surface area contributed by atoms with E-state index in [-0.39, 0.29) is 0 Å². The summed E-state index contributed by atoms with van der Waals surface area (Å²) in [5.41, 5.74) is 1.40. The van der Waals surface area contributed by atoms with Gasteiger partial charge in [-0.05, 0) is 24.8 Å². The summed E-state index contributed by atoms with van der Waals surface area (Å²) in [5, 5.41) is 0. The molecule has 0 saturated carbocycles. The maximum Gasteiger partial charge on any atom is 0.195 e. The van der Waals surface area contributed by atoms with E-state index in [1.54, 1.807) is 0 Å². The molecule has 0 amide bonds. The molecule has 2 rings (SSSR count). The fourth-order valence-corrected chi connectivity index (χ4v) is 3.28. The van der Waals surface area contributed by atoms with Crippen LogP contribution in [0.2, 0.25) is 0 Å². The molecule has 2 unspecified atom stereocenters. The molecule has 0 N–H and O–H groups in total. The second kappa shape index (κ2) is 7.63. The zero-order valence-corrected chi connectivity index (χ0v) is 14.7. The number of benzene rings is 1. The molecular formula is C18H30N4. The van der Waals surface area contributed by atoms with Crippen LogP contribution in [0.1, 0.15) is 18.9 Å². The van der Waals surface area contributed by atoms with Crippen LogP contribution in [-0.4, -0.2) is 68.0 Å². The van der Waals surface area contributed by atoms with Crippen LogP contribution in [0, 0.1) is 5.92 Å². The lowest BCUT2D eigenvalue weighted by molar-refractivity contribution is 0.256. The van der Waals surface area contributed by atoms with Gasteiger partial charge < -0.3 is 9.80 Å². The van der Waals surface area contributed by atoms with Crippen LogP contribution in [0.4, 0.5) is 0 Å². The maximum atomic E-state index is 4.82. The minimum Gasteiger partial charge on any atom is -0.349 e. The first-order chi connectivity index (χ1) is 10.5. The lowest BCUT2D eigenvalue weighted by Crippen LogP contribution is -2.36. The molecule has 0 aliphatic carbocycles. The molecule has 122 valence electrons. The molecule has 0 aromatic heterocycles. The van der Waals surface area contributed by atoms with Gasteiger partial charge in [-0.1, -0.05) is 30.3 Å². The Morgan fingerprint density at radius 1 is 1.14 bits per heavy atom. The minimum absolute atomic E-state index is 0.641. The van der Waals surface area contributed by atoms with Crippen LogP contribution in [0.15, 0.2) is 35.3 Å². The summed E-state index contributed by atoms with van der Waals surface area (Å²) in [6.45, 7) is 5.46. The molecule has 2 atom stereocenters. The summed E-state index contributed by atoms with van der Waals surface area (Å²) in [6, 6.07) is 11.4. The summed E-state index contributed by atoms with van der Waals surface area (Å²) in [5.74, 6) is 1.71. The molecule has 1 fully saturated rings. The van der Waals surface area contributed by atoms with E-state index in [0.29, 0.717) is 12.0 Å². The Morgan fingerprint density at radius 3 is 2.36 bits per heavy atom. The number of hydrogen-bond acceptors (Lipinski definition) is 2. The molecule has 1 aliphatic heterocycles. The first-order valence-corrected chi connectivity index (χ1v) is 8.14. The van der Waals surface area contributed by atoms with Crippen molar-refractivity contribution in [3.63, 3.8) is 0 Å². The number of guanidine groups is 1. The lowest BCUT2D eigenvalue weighted by atomic mass is 10.1.